The van der Waals surface area contributed by atoms with Crippen molar-refractivity contribution in [1.29, 1.82) is 0 Å². The number of hydrogen-bond acceptors (Lipinski definition) is 5. The number of benzene rings is 1. The average molecular weight is 399 g/mol. The maximum atomic E-state index is 13.1. The van der Waals surface area contributed by atoms with Gasteiger partial charge in [0.2, 0.25) is 5.88 Å². The molecule has 2 amide bonds. The molecule has 1 aliphatic heterocycles. The van der Waals surface area contributed by atoms with E-state index in [1.54, 1.807) is 26.2 Å². The number of aromatic nitrogens is 1. The molecule has 0 aliphatic carbocycles. The highest BCUT2D eigenvalue weighted by Crippen LogP contribution is 2.29. The van der Waals surface area contributed by atoms with Crippen LogP contribution < -0.4 is 19.3 Å². The lowest BCUT2D eigenvalue weighted by Gasteiger charge is -2.38. The van der Waals surface area contributed by atoms with E-state index < -0.39 is 0 Å². The van der Waals surface area contributed by atoms with Crippen LogP contribution in [-0.2, 0) is 0 Å². The molecule has 0 unspecified atom stereocenters. The summed E-state index contributed by atoms with van der Waals surface area (Å²) < 4.78 is 10.8. The third kappa shape index (κ3) is 4.23. The van der Waals surface area contributed by atoms with Gasteiger partial charge in [-0.3, -0.25) is 4.90 Å². The molecule has 1 aromatic heterocycles. The van der Waals surface area contributed by atoms with Crippen LogP contribution in [0.2, 0.25) is 0 Å². The van der Waals surface area contributed by atoms with E-state index in [4.69, 9.17) is 9.47 Å². The van der Waals surface area contributed by atoms with Crippen LogP contribution in [0.5, 0.6) is 11.6 Å². The van der Waals surface area contributed by atoms with Gasteiger partial charge in [-0.1, -0.05) is 6.07 Å². The number of ether oxygens (including phenoxy) is 2. The summed E-state index contributed by atoms with van der Waals surface area (Å²) in [6, 6.07) is 8.01. The van der Waals surface area contributed by atoms with Gasteiger partial charge in [0.1, 0.15) is 11.4 Å². The standard InChI is InChI=1S/C22H30N4O3/c1-15-7-8-18(28-5)14-19(15)25-9-11-26(12-10-25)22(27)24(4)20-13-16(2)17(3)23-21(20)29-6/h7-8,13-14H,9-12H2,1-6H3. The molecule has 1 fully saturated rings. The van der Waals surface area contributed by atoms with Crippen molar-refractivity contribution in [3.63, 3.8) is 0 Å². The number of carbonyl (C=O) groups is 1. The maximum absolute atomic E-state index is 13.1. The van der Waals surface area contributed by atoms with E-state index in [9.17, 15) is 4.79 Å². The number of urea groups is 1. The van der Waals surface area contributed by atoms with E-state index in [0.29, 0.717) is 24.7 Å². The molecule has 2 aromatic rings. The van der Waals surface area contributed by atoms with Crippen LogP contribution >= 0.6 is 0 Å². The highest BCUT2D eigenvalue weighted by Gasteiger charge is 2.27. The van der Waals surface area contributed by atoms with Gasteiger partial charge in [0.15, 0.2) is 0 Å². The fraction of sp³-hybridized carbons (Fsp3) is 0.455. The summed E-state index contributed by atoms with van der Waals surface area (Å²) >= 11 is 0. The van der Waals surface area contributed by atoms with Crippen molar-refractivity contribution in [2.24, 2.45) is 0 Å². The lowest BCUT2D eigenvalue weighted by atomic mass is 10.1. The number of nitrogens with zero attached hydrogens (tertiary/aromatic N) is 4. The quantitative estimate of drug-likeness (QED) is 0.790. The second kappa shape index (κ2) is 8.59. The summed E-state index contributed by atoms with van der Waals surface area (Å²) in [7, 11) is 5.03. The van der Waals surface area contributed by atoms with Gasteiger partial charge in [0.05, 0.1) is 14.2 Å². The van der Waals surface area contributed by atoms with Crippen LogP contribution in [0.1, 0.15) is 16.8 Å². The van der Waals surface area contributed by atoms with Crippen LogP contribution in [0.4, 0.5) is 16.2 Å². The van der Waals surface area contributed by atoms with Gasteiger partial charge >= 0.3 is 6.03 Å². The number of amides is 2. The zero-order valence-corrected chi connectivity index (χ0v) is 18.2. The molecule has 156 valence electrons. The molecule has 2 heterocycles. The van der Waals surface area contributed by atoms with Gasteiger partial charge in [0, 0.05) is 50.7 Å². The van der Waals surface area contributed by atoms with Crippen molar-refractivity contribution in [2.75, 3.05) is 57.2 Å². The van der Waals surface area contributed by atoms with Crippen molar-refractivity contribution in [1.82, 2.24) is 9.88 Å². The number of rotatable bonds is 4. The summed E-state index contributed by atoms with van der Waals surface area (Å²) in [4.78, 5) is 23.4. The van der Waals surface area contributed by atoms with Crippen molar-refractivity contribution in [3.05, 3.63) is 41.1 Å². The van der Waals surface area contributed by atoms with Crippen molar-refractivity contribution >= 4 is 17.4 Å². The summed E-state index contributed by atoms with van der Waals surface area (Å²) in [5, 5.41) is 0. The number of hydrogen-bond donors (Lipinski definition) is 0. The lowest BCUT2D eigenvalue weighted by molar-refractivity contribution is 0.202. The van der Waals surface area contributed by atoms with Gasteiger partial charge in [0.25, 0.3) is 0 Å². The Morgan fingerprint density at radius 3 is 2.31 bits per heavy atom. The second-order valence-corrected chi connectivity index (χ2v) is 7.39. The Bertz CT molecular complexity index is 892. The number of methoxy groups -OCH3 is 2. The van der Waals surface area contributed by atoms with E-state index in [1.165, 1.54) is 5.56 Å². The molecule has 7 heteroatoms. The number of piperazine rings is 1. The van der Waals surface area contributed by atoms with Crippen molar-refractivity contribution < 1.29 is 14.3 Å². The van der Waals surface area contributed by atoms with Gasteiger partial charge in [-0.05, 0) is 44.0 Å². The molecule has 1 aromatic carbocycles. The zero-order chi connectivity index (χ0) is 21.1. The SMILES string of the molecule is COc1ccc(C)c(N2CCN(C(=O)N(C)c3cc(C)c(C)nc3OC)CC2)c1. The molecule has 0 atom stereocenters. The topological polar surface area (TPSA) is 58.1 Å². The van der Waals surface area contributed by atoms with E-state index in [1.807, 2.05) is 30.9 Å². The van der Waals surface area contributed by atoms with Gasteiger partial charge in [-0.25, -0.2) is 9.78 Å². The molecule has 1 aliphatic rings. The second-order valence-electron chi connectivity index (χ2n) is 7.39. The first-order valence-corrected chi connectivity index (χ1v) is 9.80. The van der Waals surface area contributed by atoms with Crippen molar-refractivity contribution in [2.45, 2.75) is 20.8 Å². The van der Waals surface area contributed by atoms with E-state index >= 15 is 0 Å². The van der Waals surface area contributed by atoms with Crippen LogP contribution in [0.15, 0.2) is 24.3 Å². The van der Waals surface area contributed by atoms with Gasteiger partial charge < -0.3 is 19.3 Å². The number of carbonyl (C=O) groups excluding carboxylic acids is 1. The molecule has 0 saturated carbocycles. The third-order valence-corrected chi connectivity index (χ3v) is 5.56. The predicted octanol–water partition coefficient (Wildman–Crippen LogP) is 3.40. The molecule has 1 saturated heterocycles. The summed E-state index contributed by atoms with van der Waals surface area (Å²) in [6.45, 7) is 8.87. The average Bonchev–Trinajstić information content (AvgIpc) is 2.74. The Balaban J connectivity index is 1.71. The van der Waals surface area contributed by atoms with E-state index in [0.717, 1.165) is 35.8 Å². The molecule has 0 radical (unpaired) electrons. The Morgan fingerprint density at radius 2 is 1.69 bits per heavy atom. The normalized spacial score (nSPS) is 14.0. The molecular formula is C22H30N4O3. The third-order valence-electron chi connectivity index (χ3n) is 5.56. The van der Waals surface area contributed by atoms with Crippen LogP contribution in [-0.4, -0.2) is 63.4 Å². The molecular weight excluding hydrogens is 368 g/mol. The molecule has 0 bridgehead atoms. The number of aryl methyl sites for hydroxylation is 3. The minimum atomic E-state index is -0.0460. The molecule has 7 nitrogen and oxygen atoms in total. The minimum Gasteiger partial charge on any atom is -0.497 e. The summed E-state index contributed by atoms with van der Waals surface area (Å²) in [5.74, 6) is 1.31. The molecule has 0 spiro atoms. The first-order chi connectivity index (χ1) is 13.8. The minimum absolute atomic E-state index is 0.0460. The number of anilines is 2. The highest BCUT2D eigenvalue weighted by molar-refractivity contribution is 5.93. The lowest BCUT2D eigenvalue weighted by Crippen LogP contribution is -2.52. The van der Waals surface area contributed by atoms with Gasteiger partial charge in [-0.15, -0.1) is 0 Å². The van der Waals surface area contributed by atoms with E-state index in [2.05, 4.69) is 28.9 Å². The van der Waals surface area contributed by atoms with Crippen LogP contribution in [0.3, 0.4) is 0 Å². The Labute approximate surface area is 172 Å². The molecule has 0 N–H and O–H groups in total. The van der Waals surface area contributed by atoms with Crippen molar-refractivity contribution in [3.8, 4) is 11.6 Å². The van der Waals surface area contributed by atoms with E-state index in [-0.39, 0.29) is 6.03 Å². The first kappa shape index (κ1) is 20.8. The fourth-order valence-electron chi connectivity index (χ4n) is 3.57. The molecule has 29 heavy (non-hydrogen) atoms. The number of pyridine rings is 1. The Morgan fingerprint density at radius 1 is 1.00 bits per heavy atom. The van der Waals surface area contributed by atoms with Crippen LogP contribution in [0.25, 0.3) is 0 Å². The summed E-state index contributed by atoms with van der Waals surface area (Å²) in [6.07, 6.45) is 0. The highest BCUT2D eigenvalue weighted by atomic mass is 16.5. The Kier molecular flexibility index (Phi) is 6.15. The molecule has 3 rings (SSSR count). The zero-order valence-electron chi connectivity index (χ0n) is 18.2. The fourth-order valence-corrected chi connectivity index (χ4v) is 3.57. The smallest absolute Gasteiger partial charge is 0.324 e. The largest absolute Gasteiger partial charge is 0.497 e. The van der Waals surface area contributed by atoms with Crippen LogP contribution in [0, 0.1) is 20.8 Å². The monoisotopic (exact) mass is 398 g/mol. The first-order valence-electron chi connectivity index (χ1n) is 9.80. The maximum Gasteiger partial charge on any atom is 0.324 e. The summed E-state index contributed by atoms with van der Waals surface area (Å²) in [5.41, 5.74) is 4.97. The predicted molar refractivity (Wildman–Crippen MR) is 116 cm³/mol. The van der Waals surface area contributed by atoms with Gasteiger partial charge in [-0.2, -0.15) is 0 Å². The Hall–Kier alpha value is -2.96.